The lowest BCUT2D eigenvalue weighted by atomic mass is 10.0. The van der Waals surface area contributed by atoms with Gasteiger partial charge in [-0.1, -0.05) is 25.9 Å². The van der Waals surface area contributed by atoms with Crippen molar-refractivity contribution in [3.8, 4) is 0 Å². The largest absolute Gasteiger partial charge is 0.480 e. The summed E-state index contributed by atoms with van der Waals surface area (Å²) in [5.74, 6) is -0.685. The number of carboxylic acid groups (broad SMARTS) is 1. The maximum atomic E-state index is 11.9. The molecule has 2 rings (SSSR count). The molecule has 1 aromatic rings. The van der Waals surface area contributed by atoms with Gasteiger partial charge in [0.1, 0.15) is 6.04 Å². The second-order valence-electron chi connectivity index (χ2n) is 5.67. The Morgan fingerprint density at radius 1 is 1.48 bits per heavy atom. The van der Waals surface area contributed by atoms with Crippen LogP contribution < -0.4 is 5.32 Å². The SMILES string of the molecule is CC(C)c1nnc(NC(=O)CN2CCC(C)C2C(=O)O)o1. The monoisotopic (exact) mass is 296 g/mol. The first-order chi connectivity index (χ1) is 9.88. The summed E-state index contributed by atoms with van der Waals surface area (Å²) in [6.07, 6.45) is 0.766. The number of carboxylic acids is 1. The van der Waals surface area contributed by atoms with Gasteiger partial charge in [-0.15, -0.1) is 5.10 Å². The third-order valence-electron chi connectivity index (χ3n) is 3.58. The Bertz CT molecular complexity index is 528. The summed E-state index contributed by atoms with van der Waals surface area (Å²) < 4.78 is 5.29. The van der Waals surface area contributed by atoms with Crippen LogP contribution in [0.2, 0.25) is 0 Å². The lowest BCUT2D eigenvalue weighted by Crippen LogP contribution is -2.43. The molecule has 2 atom stereocenters. The van der Waals surface area contributed by atoms with E-state index in [4.69, 9.17) is 4.42 Å². The van der Waals surface area contributed by atoms with E-state index in [1.54, 1.807) is 4.90 Å². The molecular weight excluding hydrogens is 276 g/mol. The summed E-state index contributed by atoms with van der Waals surface area (Å²) in [5.41, 5.74) is 0. The molecule has 2 N–H and O–H groups in total. The molecule has 1 amide bonds. The lowest BCUT2D eigenvalue weighted by molar-refractivity contribution is -0.143. The van der Waals surface area contributed by atoms with E-state index in [1.807, 2.05) is 20.8 Å². The van der Waals surface area contributed by atoms with Crippen LogP contribution in [0.25, 0.3) is 0 Å². The predicted molar refractivity (Wildman–Crippen MR) is 73.8 cm³/mol. The Morgan fingerprint density at radius 2 is 2.19 bits per heavy atom. The number of likely N-dealkylation sites (tertiary alicyclic amines) is 1. The first kappa shape index (κ1) is 15.4. The molecule has 0 radical (unpaired) electrons. The highest BCUT2D eigenvalue weighted by Crippen LogP contribution is 2.23. The fourth-order valence-corrected chi connectivity index (χ4v) is 2.46. The summed E-state index contributed by atoms with van der Waals surface area (Å²) in [7, 11) is 0. The van der Waals surface area contributed by atoms with Gasteiger partial charge in [-0.25, -0.2) is 0 Å². The molecule has 0 aromatic carbocycles. The van der Waals surface area contributed by atoms with E-state index in [0.717, 1.165) is 6.42 Å². The second kappa shape index (κ2) is 6.21. The number of hydrogen-bond donors (Lipinski definition) is 2. The number of nitrogens with zero attached hydrogens (tertiary/aromatic N) is 3. The molecule has 1 aliphatic heterocycles. The number of aliphatic carboxylic acids is 1. The molecule has 8 nitrogen and oxygen atoms in total. The Morgan fingerprint density at radius 3 is 2.76 bits per heavy atom. The maximum Gasteiger partial charge on any atom is 0.322 e. The fraction of sp³-hybridized carbons (Fsp3) is 0.692. The molecule has 0 saturated carbocycles. The molecule has 1 saturated heterocycles. The number of carbonyl (C=O) groups excluding carboxylic acids is 1. The van der Waals surface area contributed by atoms with E-state index < -0.39 is 12.0 Å². The molecular formula is C13H20N4O4. The third kappa shape index (κ3) is 3.57. The topological polar surface area (TPSA) is 109 Å². The molecule has 8 heteroatoms. The number of amides is 1. The van der Waals surface area contributed by atoms with Gasteiger partial charge in [0.05, 0.1) is 6.54 Å². The van der Waals surface area contributed by atoms with Crippen LogP contribution in [0.3, 0.4) is 0 Å². The van der Waals surface area contributed by atoms with E-state index >= 15 is 0 Å². The number of hydrogen-bond acceptors (Lipinski definition) is 6. The average molecular weight is 296 g/mol. The van der Waals surface area contributed by atoms with Gasteiger partial charge in [-0.2, -0.15) is 0 Å². The first-order valence-corrected chi connectivity index (χ1v) is 6.98. The van der Waals surface area contributed by atoms with Crippen molar-refractivity contribution in [2.45, 2.75) is 39.2 Å². The van der Waals surface area contributed by atoms with Crippen molar-refractivity contribution in [2.75, 3.05) is 18.4 Å². The van der Waals surface area contributed by atoms with Crippen molar-refractivity contribution in [1.82, 2.24) is 15.1 Å². The van der Waals surface area contributed by atoms with E-state index in [9.17, 15) is 14.7 Å². The van der Waals surface area contributed by atoms with Crippen LogP contribution in [-0.4, -0.2) is 51.2 Å². The Kier molecular flexibility index (Phi) is 4.56. The number of rotatable bonds is 5. The zero-order valence-corrected chi connectivity index (χ0v) is 12.4. The van der Waals surface area contributed by atoms with Gasteiger partial charge in [0.2, 0.25) is 11.8 Å². The zero-order chi connectivity index (χ0) is 15.6. The molecule has 0 bridgehead atoms. The van der Waals surface area contributed by atoms with Gasteiger partial charge in [0, 0.05) is 5.92 Å². The predicted octanol–water partition coefficient (Wildman–Crippen LogP) is 0.926. The minimum Gasteiger partial charge on any atom is -0.480 e. The van der Waals surface area contributed by atoms with Crippen molar-refractivity contribution in [1.29, 1.82) is 0 Å². The van der Waals surface area contributed by atoms with Gasteiger partial charge in [-0.05, 0) is 18.9 Å². The van der Waals surface area contributed by atoms with Gasteiger partial charge >= 0.3 is 12.0 Å². The van der Waals surface area contributed by atoms with Crippen molar-refractivity contribution in [3.63, 3.8) is 0 Å². The van der Waals surface area contributed by atoms with Crippen molar-refractivity contribution in [3.05, 3.63) is 5.89 Å². The lowest BCUT2D eigenvalue weighted by Gasteiger charge is -2.21. The molecule has 21 heavy (non-hydrogen) atoms. The number of carbonyl (C=O) groups is 2. The summed E-state index contributed by atoms with van der Waals surface area (Å²) in [6, 6.07) is -0.576. The van der Waals surface area contributed by atoms with Crippen LogP contribution in [0.5, 0.6) is 0 Å². The van der Waals surface area contributed by atoms with E-state index in [2.05, 4.69) is 15.5 Å². The molecule has 2 heterocycles. The molecule has 1 aromatic heterocycles. The van der Waals surface area contributed by atoms with Crippen LogP contribution in [0.15, 0.2) is 4.42 Å². The minimum atomic E-state index is -0.896. The Labute approximate surface area is 122 Å². The van der Waals surface area contributed by atoms with Gasteiger partial charge < -0.3 is 9.52 Å². The van der Waals surface area contributed by atoms with Crippen LogP contribution in [0, 0.1) is 5.92 Å². The average Bonchev–Trinajstić information content (AvgIpc) is 2.96. The Hall–Kier alpha value is -1.96. The highest BCUT2D eigenvalue weighted by molar-refractivity contribution is 5.90. The smallest absolute Gasteiger partial charge is 0.322 e. The number of anilines is 1. The molecule has 0 spiro atoms. The second-order valence-corrected chi connectivity index (χ2v) is 5.67. The normalized spacial score (nSPS) is 22.7. The van der Waals surface area contributed by atoms with Crippen LogP contribution in [0.4, 0.5) is 6.01 Å². The number of nitrogens with one attached hydrogen (secondary N) is 1. The quantitative estimate of drug-likeness (QED) is 0.831. The molecule has 1 aliphatic rings. The van der Waals surface area contributed by atoms with Crippen molar-refractivity contribution < 1.29 is 19.1 Å². The number of aromatic nitrogens is 2. The molecule has 116 valence electrons. The van der Waals surface area contributed by atoms with Gasteiger partial charge in [-0.3, -0.25) is 19.8 Å². The van der Waals surface area contributed by atoms with E-state index in [1.165, 1.54) is 0 Å². The summed E-state index contributed by atoms with van der Waals surface area (Å²) >= 11 is 0. The van der Waals surface area contributed by atoms with Crippen LogP contribution in [-0.2, 0) is 9.59 Å². The first-order valence-electron chi connectivity index (χ1n) is 6.98. The van der Waals surface area contributed by atoms with Crippen molar-refractivity contribution >= 4 is 17.9 Å². The minimum absolute atomic E-state index is 0.000693. The summed E-state index contributed by atoms with van der Waals surface area (Å²) in [5, 5.41) is 19.3. The van der Waals surface area contributed by atoms with Crippen molar-refractivity contribution in [2.24, 2.45) is 5.92 Å². The van der Waals surface area contributed by atoms with Crippen LogP contribution in [0.1, 0.15) is 39.0 Å². The van der Waals surface area contributed by atoms with E-state index in [0.29, 0.717) is 12.4 Å². The Balaban J connectivity index is 1.93. The third-order valence-corrected chi connectivity index (χ3v) is 3.58. The maximum absolute atomic E-state index is 11.9. The highest BCUT2D eigenvalue weighted by Gasteiger charge is 2.37. The summed E-state index contributed by atoms with van der Waals surface area (Å²) in [6.45, 7) is 6.28. The molecule has 2 unspecified atom stereocenters. The van der Waals surface area contributed by atoms with Crippen LogP contribution >= 0.6 is 0 Å². The van der Waals surface area contributed by atoms with Gasteiger partial charge in [0.25, 0.3) is 0 Å². The highest BCUT2D eigenvalue weighted by atomic mass is 16.4. The molecule has 0 aliphatic carbocycles. The van der Waals surface area contributed by atoms with E-state index in [-0.39, 0.29) is 30.3 Å². The molecule has 1 fully saturated rings. The standard InChI is InChI=1S/C13H20N4O4/c1-7(2)11-15-16-13(21-11)14-9(18)6-17-5-4-8(3)10(17)12(19)20/h7-8,10H,4-6H2,1-3H3,(H,19,20)(H,14,16,18). The zero-order valence-electron chi connectivity index (χ0n) is 12.4. The fourth-order valence-electron chi connectivity index (χ4n) is 2.46. The summed E-state index contributed by atoms with van der Waals surface area (Å²) in [4.78, 5) is 24.8. The van der Waals surface area contributed by atoms with Gasteiger partial charge in [0.15, 0.2) is 0 Å².